The molecule has 2 aromatic rings. The zero-order valence-corrected chi connectivity index (χ0v) is 12.8. The van der Waals surface area contributed by atoms with E-state index in [1.807, 2.05) is 30.5 Å². The average molecular weight is 302 g/mol. The first-order chi connectivity index (χ1) is 10.2. The second-order valence-corrected chi connectivity index (χ2v) is 5.36. The van der Waals surface area contributed by atoms with Crippen molar-refractivity contribution in [1.82, 2.24) is 0 Å². The maximum Gasteiger partial charge on any atom is 0.210 e. The summed E-state index contributed by atoms with van der Waals surface area (Å²) >= 11 is 1.66. The number of aryl methyl sites for hydroxylation is 1. The summed E-state index contributed by atoms with van der Waals surface area (Å²) in [5.41, 5.74) is 8.23. The van der Waals surface area contributed by atoms with Crippen LogP contribution in [0.5, 0.6) is 5.75 Å². The third kappa shape index (κ3) is 3.74. The van der Waals surface area contributed by atoms with Crippen molar-refractivity contribution < 1.29 is 5.11 Å². The van der Waals surface area contributed by atoms with Crippen molar-refractivity contribution in [1.29, 1.82) is 0 Å². The highest BCUT2D eigenvalue weighted by Crippen LogP contribution is 2.32. The molecular weight excluding hydrogens is 284 g/mol. The number of nitrogens with two attached hydrogens (primary N) is 1. The number of nitrogens with zero attached hydrogens (tertiary/aromatic N) is 3. The van der Waals surface area contributed by atoms with E-state index in [0.29, 0.717) is 5.56 Å². The van der Waals surface area contributed by atoms with Gasteiger partial charge in [0.1, 0.15) is 5.75 Å². The minimum Gasteiger partial charge on any atom is -0.507 e. The zero-order chi connectivity index (χ0) is 15.2. The number of thiophene rings is 1. The molecule has 1 atom stereocenters. The Balaban J connectivity index is 2.42. The Morgan fingerprint density at radius 2 is 2.24 bits per heavy atom. The van der Waals surface area contributed by atoms with Crippen molar-refractivity contribution in [3.05, 3.63) is 40.8 Å². The summed E-state index contributed by atoms with van der Waals surface area (Å²) in [7, 11) is 1.54. The molecule has 0 aliphatic rings. The zero-order valence-electron chi connectivity index (χ0n) is 12.0. The predicted molar refractivity (Wildman–Crippen MR) is 87.1 cm³/mol. The Morgan fingerprint density at radius 3 is 2.86 bits per heavy atom. The van der Waals surface area contributed by atoms with E-state index in [1.165, 1.54) is 0 Å². The highest BCUT2D eigenvalue weighted by atomic mass is 32.1. The Labute approximate surface area is 127 Å². The van der Waals surface area contributed by atoms with Crippen LogP contribution in [0.2, 0.25) is 0 Å². The van der Waals surface area contributed by atoms with Crippen molar-refractivity contribution in [2.75, 3.05) is 7.05 Å². The largest absolute Gasteiger partial charge is 0.507 e. The molecule has 110 valence electrons. The molecule has 0 bridgehead atoms. The van der Waals surface area contributed by atoms with Gasteiger partial charge in [0.05, 0.1) is 0 Å². The van der Waals surface area contributed by atoms with E-state index >= 15 is 0 Å². The smallest absolute Gasteiger partial charge is 0.210 e. The minimum atomic E-state index is -0.745. The van der Waals surface area contributed by atoms with Crippen LogP contribution in [0.4, 0.5) is 0 Å². The molecule has 1 unspecified atom stereocenters. The van der Waals surface area contributed by atoms with Crippen LogP contribution in [0, 0.1) is 0 Å². The van der Waals surface area contributed by atoms with Gasteiger partial charge in [0, 0.05) is 23.7 Å². The summed E-state index contributed by atoms with van der Waals surface area (Å²) in [6.45, 7) is 2.01. The summed E-state index contributed by atoms with van der Waals surface area (Å²) < 4.78 is 0. The number of phenols is 1. The number of hydrogen-bond donors (Lipinski definition) is 2. The number of rotatable bonds is 5. The Kier molecular flexibility index (Phi) is 5.19. The number of phenolic OH excluding ortho intramolecular Hbond substituents is 1. The van der Waals surface area contributed by atoms with Crippen molar-refractivity contribution in [2.45, 2.75) is 19.6 Å². The first kappa shape index (κ1) is 15.3. The first-order valence-corrected chi connectivity index (χ1v) is 7.51. The van der Waals surface area contributed by atoms with Crippen LogP contribution in [-0.2, 0) is 6.42 Å². The molecule has 0 fully saturated rings. The lowest BCUT2D eigenvalue weighted by atomic mass is 10.0. The van der Waals surface area contributed by atoms with E-state index < -0.39 is 6.29 Å². The lowest BCUT2D eigenvalue weighted by molar-refractivity contribution is 0.468. The molecule has 0 saturated heterocycles. The average Bonchev–Trinajstić information content (AvgIpc) is 3.00. The SMILES string of the molecule is CCc1cc(-c2cccs2)cc(/C=N/C(N)/N=N\C)c1O. The molecule has 1 aromatic heterocycles. The lowest BCUT2D eigenvalue weighted by Gasteiger charge is -2.09. The van der Waals surface area contributed by atoms with E-state index in [0.717, 1.165) is 22.4 Å². The van der Waals surface area contributed by atoms with Gasteiger partial charge < -0.3 is 5.11 Å². The van der Waals surface area contributed by atoms with Crippen molar-refractivity contribution in [2.24, 2.45) is 21.0 Å². The Hall–Kier alpha value is -2.05. The van der Waals surface area contributed by atoms with E-state index in [-0.39, 0.29) is 5.75 Å². The van der Waals surface area contributed by atoms with Gasteiger partial charge in [-0.3, -0.25) is 5.73 Å². The highest BCUT2D eigenvalue weighted by Gasteiger charge is 2.09. The number of hydrogen-bond acceptors (Lipinski definition) is 6. The summed E-state index contributed by atoms with van der Waals surface area (Å²) in [6, 6.07) is 7.96. The predicted octanol–water partition coefficient (Wildman–Crippen LogP) is 3.43. The van der Waals surface area contributed by atoms with E-state index in [4.69, 9.17) is 5.73 Å². The topological polar surface area (TPSA) is 83.3 Å². The van der Waals surface area contributed by atoms with E-state index in [2.05, 4.69) is 21.3 Å². The molecule has 1 aromatic carbocycles. The fourth-order valence-corrected chi connectivity index (χ4v) is 2.69. The molecular formula is C15H18N4OS. The van der Waals surface area contributed by atoms with Gasteiger partial charge in [-0.25, -0.2) is 4.99 Å². The van der Waals surface area contributed by atoms with Crippen molar-refractivity contribution >= 4 is 17.6 Å². The van der Waals surface area contributed by atoms with Crippen LogP contribution < -0.4 is 5.73 Å². The molecule has 0 saturated carbocycles. The molecule has 0 spiro atoms. The lowest BCUT2D eigenvalue weighted by Crippen LogP contribution is -2.13. The number of azo groups is 1. The van der Waals surface area contributed by atoms with Gasteiger partial charge in [-0.1, -0.05) is 13.0 Å². The molecule has 3 N–H and O–H groups in total. The van der Waals surface area contributed by atoms with Gasteiger partial charge in [-0.15, -0.1) is 11.3 Å². The number of benzene rings is 1. The van der Waals surface area contributed by atoms with Gasteiger partial charge in [0.15, 0.2) is 0 Å². The number of aromatic hydroxyl groups is 1. The standard InChI is InChI=1S/C15H18N4OS/c1-3-10-7-11(13-5-4-6-21-13)8-12(14(10)20)9-18-15(16)19-17-2/h4-9,15,20H,3,16H2,1-2H3/b18-9+,19-17-. The molecule has 0 radical (unpaired) electrons. The second-order valence-electron chi connectivity index (χ2n) is 4.41. The van der Waals surface area contributed by atoms with Gasteiger partial charge in [0.25, 0.3) is 0 Å². The summed E-state index contributed by atoms with van der Waals surface area (Å²) in [4.78, 5) is 5.23. The minimum absolute atomic E-state index is 0.238. The third-order valence-electron chi connectivity index (χ3n) is 3.01. The normalized spacial score (nSPS) is 13.3. The van der Waals surface area contributed by atoms with E-state index in [9.17, 15) is 5.11 Å². The fraction of sp³-hybridized carbons (Fsp3) is 0.267. The van der Waals surface area contributed by atoms with Crippen LogP contribution in [-0.4, -0.2) is 24.7 Å². The summed E-state index contributed by atoms with van der Waals surface area (Å²) in [5.74, 6) is 0.238. The summed E-state index contributed by atoms with van der Waals surface area (Å²) in [6.07, 6.45) is 1.54. The quantitative estimate of drug-likeness (QED) is 0.655. The monoisotopic (exact) mass is 302 g/mol. The summed E-state index contributed by atoms with van der Waals surface area (Å²) in [5, 5.41) is 19.6. The molecule has 0 amide bonds. The third-order valence-corrected chi connectivity index (χ3v) is 3.92. The van der Waals surface area contributed by atoms with Crippen LogP contribution in [0.1, 0.15) is 18.1 Å². The van der Waals surface area contributed by atoms with Gasteiger partial charge >= 0.3 is 0 Å². The van der Waals surface area contributed by atoms with Crippen molar-refractivity contribution in [3.63, 3.8) is 0 Å². The maximum absolute atomic E-state index is 10.3. The first-order valence-electron chi connectivity index (χ1n) is 6.63. The van der Waals surface area contributed by atoms with Crippen molar-refractivity contribution in [3.8, 4) is 16.2 Å². The van der Waals surface area contributed by atoms with Crippen LogP contribution >= 0.6 is 11.3 Å². The molecule has 21 heavy (non-hydrogen) atoms. The maximum atomic E-state index is 10.3. The molecule has 0 aliphatic carbocycles. The van der Waals surface area contributed by atoms with Gasteiger partial charge in [0.2, 0.25) is 6.29 Å². The van der Waals surface area contributed by atoms with Gasteiger partial charge in [-0.05, 0) is 41.1 Å². The molecule has 1 heterocycles. The van der Waals surface area contributed by atoms with Crippen LogP contribution in [0.3, 0.4) is 0 Å². The molecule has 0 aliphatic heterocycles. The molecule has 6 heteroatoms. The Morgan fingerprint density at radius 1 is 1.43 bits per heavy atom. The van der Waals surface area contributed by atoms with Crippen LogP contribution in [0.25, 0.3) is 10.4 Å². The van der Waals surface area contributed by atoms with E-state index in [1.54, 1.807) is 24.6 Å². The van der Waals surface area contributed by atoms with Crippen LogP contribution in [0.15, 0.2) is 44.9 Å². The fourth-order valence-electron chi connectivity index (χ4n) is 1.98. The van der Waals surface area contributed by atoms with Gasteiger partial charge in [-0.2, -0.15) is 10.2 Å². The molecule has 5 nitrogen and oxygen atoms in total. The highest BCUT2D eigenvalue weighted by molar-refractivity contribution is 7.13. The Bertz CT molecular complexity index is 650. The molecule has 2 rings (SSSR count). The second kappa shape index (κ2) is 7.10. The number of aliphatic imine (C=N–C) groups is 1.